The van der Waals surface area contributed by atoms with E-state index in [1.54, 1.807) is 0 Å². The van der Waals surface area contributed by atoms with E-state index in [1.165, 1.54) is 5.56 Å². The van der Waals surface area contributed by atoms with Gasteiger partial charge in [-0.3, -0.25) is 4.79 Å². The lowest BCUT2D eigenvalue weighted by molar-refractivity contribution is 0.664. The zero-order valence-electron chi connectivity index (χ0n) is 6.96. The molecule has 0 saturated carbocycles. The summed E-state index contributed by atoms with van der Waals surface area (Å²) in [5.41, 5.74) is 2.15. The Kier molecular flexibility index (Phi) is 2.42. The molecule has 0 saturated heterocycles. The Bertz CT molecular complexity index is 246. The van der Waals surface area contributed by atoms with Crippen molar-refractivity contribution in [2.45, 2.75) is 20.3 Å². The summed E-state index contributed by atoms with van der Waals surface area (Å²) in [7, 11) is 0. The molecule has 1 aromatic rings. The van der Waals surface area contributed by atoms with E-state index < -0.39 is 0 Å². The summed E-state index contributed by atoms with van der Waals surface area (Å²) in [6.07, 6.45) is 0.697. The quantitative estimate of drug-likeness (QED) is 0.454. The van der Waals surface area contributed by atoms with Gasteiger partial charge in [-0.2, -0.15) is 0 Å². The summed E-state index contributed by atoms with van der Waals surface area (Å²) in [4.78, 5) is 9.34. The van der Waals surface area contributed by atoms with Crippen LogP contribution >= 0.6 is 0 Å². The average Bonchev–Trinajstić information content (AvgIpc) is 2.05. The smallest absolute Gasteiger partial charge is 0.278 e. The zero-order valence-corrected chi connectivity index (χ0v) is 6.96. The van der Waals surface area contributed by atoms with Gasteiger partial charge in [-0.15, -0.1) is 0 Å². The second-order valence-corrected chi connectivity index (χ2v) is 2.67. The SMILES string of the molecule is CCC(=[OH+])c1ccc(C)cc1. The summed E-state index contributed by atoms with van der Waals surface area (Å²) in [5.74, 6) is 0.463. The lowest BCUT2D eigenvalue weighted by Crippen LogP contribution is -1.97. The molecule has 58 valence electrons. The van der Waals surface area contributed by atoms with Crippen molar-refractivity contribution < 1.29 is 4.79 Å². The Morgan fingerprint density at radius 1 is 1.27 bits per heavy atom. The molecular weight excluding hydrogens is 136 g/mol. The Hall–Kier alpha value is -1.11. The van der Waals surface area contributed by atoms with Crippen LogP contribution < -0.4 is 0 Å². The third kappa shape index (κ3) is 1.90. The summed E-state index contributed by atoms with van der Waals surface area (Å²) < 4.78 is 0. The average molecular weight is 149 g/mol. The normalized spacial score (nSPS) is 9.64. The van der Waals surface area contributed by atoms with Gasteiger partial charge in [0.05, 0.1) is 12.0 Å². The minimum atomic E-state index is 0.463. The molecule has 0 fully saturated rings. The van der Waals surface area contributed by atoms with Crippen molar-refractivity contribution >= 4 is 5.78 Å². The van der Waals surface area contributed by atoms with Gasteiger partial charge in [0.2, 0.25) is 0 Å². The van der Waals surface area contributed by atoms with Crippen LogP contribution in [0.25, 0.3) is 0 Å². The monoisotopic (exact) mass is 149 g/mol. The number of ketones is 1. The summed E-state index contributed by atoms with van der Waals surface area (Å²) in [6.45, 7) is 3.97. The van der Waals surface area contributed by atoms with Crippen molar-refractivity contribution in [1.82, 2.24) is 0 Å². The van der Waals surface area contributed by atoms with Crippen LogP contribution in [0.1, 0.15) is 24.5 Å². The highest BCUT2D eigenvalue weighted by Gasteiger charge is 2.07. The fraction of sp³-hybridized carbons (Fsp3) is 0.300. The molecule has 1 nitrogen and oxygen atoms in total. The highest BCUT2D eigenvalue weighted by atomic mass is 16.1. The molecule has 1 aromatic carbocycles. The van der Waals surface area contributed by atoms with E-state index in [0.717, 1.165) is 5.56 Å². The molecule has 0 spiro atoms. The van der Waals surface area contributed by atoms with Gasteiger partial charge in [-0.1, -0.05) is 24.6 Å². The number of hydrogen-bond acceptors (Lipinski definition) is 0. The first-order valence-electron chi connectivity index (χ1n) is 3.86. The van der Waals surface area contributed by atoms with Crippen LogP contribution in [0.5, 0.6) is 0 Å². The van der Waals surface area contributed by atoms with Crippen LogP contribution in [-0.4, -0.2) is 10.6 Å². The van der Waals surface area contributed by atoms with Gasteiger partial charge >= 0.3 is 5.78 Å². The maximum Gasteiger partial charge on any atom is 0.323 e. The molecule has 0 radical (unpaired) electrons. The second kappa shape index (κ2) is 3.33. The van der Waals surface area contributed by atoms with Gasteiger partial charge in [-0.05, 0) is 19.1 Å². The number of carbonyl (C=O) groups excluding carboxylic acids is 1. The second-order valence-electron chi connectivity index (χ2n) is 2.67. The van der Waals surface area contributed by atoms with Crippen LogP contribution in [0.4, 0.5) is 0 Å². The molecule has 1 N–H and O–H groups in total. The van der Waals surface area contributed by atoms with Crippen molar-refractivity contribution in [2.75, 3.05) is 0 Å². The first-order chi connectivity index (χ1) is 5.24. The molecule has 0 aliphatic carbocycles. The van der Waals surface area contributed by atoms with E-state index in [2.05, 4.69) is 0 Å². The largest absolute Gasteiger partial charge is 0.323 e. The maximum absolute atomic E-state index is 9.34. The van der Waals surface area contributed by atoms with E-state index in [4.69, 9.17) is 0 Å². The third-order valence-corrected chi connectivity index (χ3v) is 1.72. The highest BCUT2D eigenvalue weighted by Crippen LogP contribution is 2.04. The Morgan fingerprint density at radius 2 is 1.82 bits per heavy atom. The van der Waals surface area contributed by atoms with Gasteiger partial charge in [0.15, 0.2) is 0 Å². The molecule has 1 rings (SSSR count). The van der Waals surface area contributed by atoms with E-state index in [0.29, 0.717) is 12.2 Å². The van der Waals surface area contributed by atoms with Crippen molar-refractivity contribution in [3.63, 3.8) is 0 Å². The molecule has 0 amide bonds. The zero-order chi connectivity index (χ0) is 8.27. The van der Waals surface area contributed by atoms with Crippen LogP contribution in [0.15, 0.2) is 24.3 Å². The molecule has 0 atom stereocenters. The van der Waals surface area contributed by atoms with Gasteiger partial charge < -0.3 is 0 Å². The molecule has 0 bridgehead atoms. The molecule has 0 aromatic heterocycles. The molecule has 0 unspecified atom stereocenters. The van der Waals surface area contributed by atoms with E-state index in [1.807, 2.05) is 38.1 Å². The van der Waals surface area contributed by atoms with E-state index in [9.17, 15) is 4.79 Å². The number of benzene rings is 1. The Labute approximate surface area is 67.1 Å². The highest BCUT2D eigenvalue weighted by molar-refractivity contribution is 5.96. The topological polar surface area (TPSA) is 21.4 Å². The fourth-order valence-electron chi connectivity index (χ4n) is 0.950. The lowest BCUT2D eigenvalue weighted by Gasteiger charge is -1.92. The van der Waals surface area contributed by atoms with Crippen molar-refractivity contribution in [3.05, 3.63) is 35.4 Å². The van der Waals surface area contributed by atoms with Crippen LogP contribution in [0.2, 0.25) is 0 Å². The molecule has 0 heterocycles. The number of rotatable bonds is 2. The summed E-state index contributed by atoms with van der Waals surface area (Å²) in [6, 6.07) is 7.88. The fourth-order valence-corrected chi connectivity index (χ4v) is 0.950. The van der Waals surface area contributed by atoms with Gasteiger partial charge in [0.25, 0.3) is 0 Å². The third-order valence-electron chi connectivity index (χ3n) is 1.72. The number of aryl methyl sites for hydroxylation is 1. The number of hydrogen-bond donors (Lipinski definition) is 0. The summed E-state index contributed by atoms with van der Waals surface area (Å²) >= 11 is 0. The first-order valence-corrected chi connectivity index (χ1v) is 3.86. The Morgan fingerprint density at radius 3 is 2.27 bits per heavy atom. The van der Waals surface area contributed by atoms with Crippen LogP contribution in [0.3, 0.4) is 0 Å². The van der Waals surface area contributed by atoms with Crippen LogP contribution in [-0.2, 0) is 0 Å². The minimum Gasteiger partial charge on any atom is -0.278 e. The Balaban J connectivity index is 2.90. The van der Waals surface area contributed by atoms with Crippen molar-refractivity contribution in [1.29, 1.82) is 0 Å². The van der Waals surface area contributed by atoms with Crippen molar-refractivity contribution in [3.8, 4) is 0 Å². The van der Waals surface area contributed by atoms with E-state index in [-0.39, 0.29) is 0 Å². The van der Waals surface area contributed by atoms with Gasteiger partial charge in [0, 0.05) is 0 Å². The van der Waals surface area contributed by atoms with Crippen LogP contribution in [0, 0.1) is 6.92 Å². The predicted octanol–water partition coefficient (Wildman–Crippen LogP) is 2.30. The van der Waals surface area contributed by atoms with Gasteiger partial charge in [-0.25, -0.2) is 0 Å². The molecule has 1 heteroatoms. The first kappa shape index (κ1) is 7.99. The van der Waals surface area contributed by atoms with Gasteiger partial charge in [0.1, 0.15) is 0 Å². The predicted molar refractivity (Wildman–Crippen MR) is 47.5 cm³/mol. The van der Waals surface area contributed by atoms with Crippen molar-refractivity contribution in [2.24, 2.45) is 0 Å². The lowest BCUT2D eigenvalue weighted by atomic mass is 10.1. The molecular formula is C10H13O+. The molecule has 0 aliphatic heterocycles. The molecule has 0 aliphatic rings. The van der Waals surface area contributed by atoms with E-state index >= 15 is 0 Å². The molecule has 11 heavy (non-hydrogen) atoms. The maximum atomic E-state index is 9.34. The minimum absolute atomic E-state index is 0.463. The standard InChI is InChI=1S/C10H12O/c1-3-10(11)9-6-4-8(2)5-7-9/h4-7H,3H2,1-2H3/p+1. The summed E-state index contributed by atoms with van der Waals surface area (Å²) in [5, 5.41) is 0.